The van der Waals surface area contributed by atoms with E-state index < -0.39 is 10.0 Å². The van der Waals surface area contributed by atoms with Crippen LogP contribution in [-0.4, -0.2) is 54.8 Å². The summed E-state index contributed by atoms with van der Waals surface area (Å²) in [7, 11) is -3.55. The van der Waals surface area contributed by atoms with E-state index in [4.69, 9.17) is 0 Å². The Labute approximate surface area is 172 Å². The highest BCUT2D eigenvalue weighted by Gasteiger charge is 2.22. The van der Waals surface area contributed by atoms with Gasteiger partial charge in [0.1, 0.15) is 18.0 Å². The minimum absolute atomic E-state index is 0.173. The van der Waals surface area contributed by atoms with Crippen molar-refractivity contribution in [3.8, 4) is 0 Å². The predicted octanol–water partition coefficient (Wildman–Crippen LogP) is 2.75. The van der Waals surface area contributed by atoms with Crippen molar-refractivity contribution in [1.82, 2.24) is 14.3 Å². The molecule has 0 spiro atoms. The normalized spacial score (nSPS) is 14.8. The van der Waals surface area contributed by atoms with Gasteiger partial charge in [-0.05, 0) is 43.5 Å². The SMILES string of the molecule is CCN(CC)S(=O)(=O)c1ccc(C(=O)Nc2cc(N3CCCCC3)ncn2)cc1. The molecule has 2 heterocycles. The molecule has 8 nitrogen and oxygen atoms in total. The number of piperidine rings is 1. The van der Waals surface area contributed by atoms with Gasteiger partial charge in [0.2, 0.25) is 10.0 Å². The number of carbonyl (C=O) groups excluding carboxylic acids is 1. The van der Waals surface area contributed by atoms with Crippen LogP contribution in [0, 0.1) is 0 Å². The molecule has 0 radical (unpaired) electrons. The summed E-state index contributed by atoms with van der Waals surface area (Å²) in [6.45, 7) is 6.29. The number of anilines is 2. The highest BCUT2D eigenvalue weighted by molar-refractivity contribution is 7.89. The number of rotatable bonds is 7. The molecule has 2 aromatic rings. The highest BCUT2D eigenvalue weighted by Crippen LogP contribution is 2.20. The van der Waals surface area contributed by atoms with Crippen molar-refractivity contribution in [3.05, 3.63) is 42.2 Å². The van der Waals surface area contributed by atoms with E-state index in [2.05, 4.69) is 20.2 Å². The molecule has 0 atom stereocenters. The summed E-state index contributed by atoms with van der Waals surface area (Å²) >= 11 is 0. The van der Waals surface area contributed by atoms with Crippen molar-refractivity contribution in [2.45, 2.75) is 38.0 Å². The van der Waals surface area contributed by atoms with Crippen LogP contribution < -0.4 is 10.2 Å². The van der Waals surface area contributed by atoms with Gasteiger partial charge in [0.25, 0.3) is 5.91 Å². The maximum atomic E-state index is 12.6. The number of hydrogen-bond donors (Lipinski definition) is 1. The molecule has 1 aliphatic rings. The Morgan fingerprint density at radius 2 is 1.72 bits per heavy atom. The molecule has 1 aliphatic heterocycles. The van der Waals surface area contributed by atoms with Gasteiger partial charge in [-0.1, -0.05) is 13.8 Å². The standard InChI is InChI=1S/C20H27N5O3S/c1-3-25(4-2)29(27,28)17-10-8-16(9-11-17)20(26)23-18-14-19(22-15-21-18)24-12-6-5-7-13-24/h8-11,14-15H,3-7,12-13H2,1-2H3,(H,21,22,23,26). The van der Waals surface area contributed by atoms with E-state index in [-0.39, 0.29) is 10.8 Å². The summed E-state index contributed by atoms with van der Waals surface area (Å²) in [5, 5.41) is 2.76. The fraction of sp³-hybridized carbons (Fsp3) is 0.450. The predicted molar refractivity (Wildman–Crippen MR) is 113 cm³/mol. The highest BCUT2D eigenvalue weighted by atomic mass is 32.2. The van der Waals surface area contributed by atoms with Crippen LogP contribution in [0.3, 0.4) is 0 Å². The number of sulfonamides is 1. The lowest BCUT2D eigenvalue weighted by Gasteiger charge is -2.27. The molecule has 0 saturated carbocycles. The quantitative estimate of drug-likeness (QED) is 0.744. The molecule has 1 saturated heterocycles. The summed E-state index contributed by atoms with van der Waals surface area (Å²) in [5.41, 5.74) is 0.363. The number of nitrogens with zero attached hydrogens (tertiary/aromatic N) is 4. The Hall–Kier alpha value is -2.52. The number of aromatic nitrogens is 2. The molecule has 3 rings (SSSR count). The van der Waals surface area contributed by atoms with Crippen molar-refractivity contribution in [2.75, 3.05) is 36.4 Å². The molecule has 1 amide bonds. The van der Waals surface area contributed by atoms with Crippen LogP contribution in [0.5, 0.6) is 0 Å². The molecular formula is C20H27N5O3S. The summed E-state index contributed by atoms with van der Waals surface area (Å²) < 4.78 is 26.5. The largest absolute Gasteiger partial charge is 0.356 e. The van der Waals surface area contributed by atoms with Gasteiger partial charge in [-0.2, -0.15) is 4.31 Å². The second-order valence-electron chi connectivity index (χ2n) is 6.88. The first-order valence-electron chi connectivity index (χ1n) is 9.94. The molecule has 1 fully saturated rings. The Balaban J connectivity index is 1.71. The average Bonchev–Trinajstić information content (AvgIpc) is 2.75. The molecule has 1 aromatic heterocycles. The van der Waals surface area contributed by atoms with Gasteiger partial charge >= 0.3 is 0 Å². The van der Waals surface area contributed by atoms with Gasteiger partial charge in [0, 0.05) is 37.8 Å². The molecule has 0 unspecified atom stereocenters. The fourth-order valence-electron chi connectivity index (χ4n) is 3.39. The summed E-state index contributed by atoms with van der Waals surface area (Å²) in [6, 6.07) is 7.71. The number of nitrogens with one attached hydrogen (secondary N) is 1. The first kappa shape index (κ1) is 21.2. The molecule has 1 N–H and O–H groups in total. The van der Waals surface area contributed by atoms with E-state index in [9.17, 15) is 13.2 Å². The monoisotopic (exact) mass is 417 g/mol. The van der Waals surface area contributed by atoms with Crippen LogP contribution in [-0.2, 0) is 10.0 Å². The third-order valence-electron chi connectivity index (χ3n) is 5.03. The number of hydrogen-bond acceptors (Lipinski definition) is 6. The number of benzene rings is 1. The third kappa shape index (κ3) is 4.91. The summed E-state index contributed by atoms with van der Waals surface area (Å²) in [5.74, 6) is 0.876. The zero-order valence-corrected chi connectivity index (χ0v) is 17.7. The lowest BCUT2D eigenvalue weighted by Crippen LogP contribution is -2.30. The second kappa shape index (κ2) is 9.32. The van der Waals surface area contributed by atoms with Gasteiger partial charge < -0.3 is 10.2 Å². The Morgan fingerprint density at radius 1 is 1.07 bits per heavy atom. The Morgan fingerprint density at radius 3 is 2.34 bits per heavy atom. The Bertz CT molecular complexity index is 937. The van der Waals surface area contributed by atoms with Crippen molar-refractivity contribution in [2.24, 2.45) is 0 Å². The number of amides is 1. The van der Waals surface area contributed by atoms with E-state index in [0.717, 1.165) is 31.7 Å². The molecule has 0 aliphatic carbocycles. The first-order valence-corrected chi connectivity index (χ1v) is 11.4. The molecule has 1 aromatic carbocycles. The van der Waals surface area contributed by atoms with Crippen LogP contribution >= 0.6 is 0 Å². The molecule has 29 heavy (non-hydrogen) atoms. The van der Waals surface area contributed by atoms with Gasteiger partial charge in [-0.15, -0.1) is 0 Å². The molecule has 0 bridgehead atoms. The van der Waals surface area contributed by atoms with Gasteiger partial charge in [0.05, 0.1) is 4.90 Å². The minimum Gasteiger partial charge on any atom is -0.356 e. The van der Waals surface area contributed by atoms with Crippen LogP contribution in [0.1, 0.15) is 43.5 Å². The minimum atomic E-state index is -3.55. The molecule has 156 valence electrons. The van der Waals surface area contributed by atoms with Crippen molar-refractivity contribution in [1.29, 1.82) is 0 Å². The zero-order chi connectivity index (χ0) is 20.9. The maximum absolute atomic E-state index is 12.6. The zero-order valence-electron chi connectivity index (χ0n) is 16.8. The van der Waals surface area contributed by atoms with Crippen LogP contribution in [0.15, 0.2) is 41.6 Å². The van der Waals surface area contributed by atoms with Gasteiger partial charge in [0.15, 0.2) is 0 Å². The smallest absolute Gasteiger partial charge is 0.256 e. The number of carbonyl (C=O) groups is 1. The summed E-state index contributed by atoms with van der Waals surface area (Å²) in [4.78, 5) is 23.4. The van der Waals surface area contributed by atoms with Crippen LogP contribution in [0.25, 0.3) is 0 Å². The van der Waals surface area contributed by atoms with E-state index >= 15 is 0 Å². The van der Waals surface area contributed by atoms with Crippen molar-refractivity contribution < 1.29 is 13.2 Å². The molecular weight excluding hydrogens is 390 g/mol. The van der Waals surface area contributed by atoms with Gasteiger partial charge in [-0.25, -0.2) is 18.4 Å². The molecule has 9 heteroatoms. The average molecular weight is 418 g/mol. The topological polar surface area (TPSA) is 95.5 Å². The Kier molecular flexibility index (Phi) is 6.81. The van der Waals surface area contributed by atoms with E-state index in [1.54, 1.807) is 19.9 Å². The van der Waals surface area contributed by atoms with Crippen LogP contribution in [0.4, 0.5) is 11.6 Å². The lowest BCUT2D eigenvalue weighted by atomic mass is 10.1. The van der Waals surface area contributed by atoms with Crippen molar-refractivity contribution >= 4 is 27.6 Å². The van der Waals surface area contributed by atoms with Crippen LogP contribution in [0.2, 0.25) is 0 Å². The second-order valence-corrected chi connectivity index (χ2v) is 8.81. The van der Waals surface area contributed by atoms with E-state index in [0.29, 0.717) is 24.5 Å². The van der Waals surface area contributed by atoms with E-state index in [1.165, 1.54) is 41.3 Å². The fourth-order valence-corrected chi connectivity index (χ4v) is 4.85. The lowest BCUT2D eigenvalue weighted by molar-refractivity contribution is 0.102. The summed E-state index contributed by atoms with van der Waals surface area (Å²) in [6.07, 6.45) is 4.94. The van der Waals surface area contributed by atoms with E-state index in [1.807, 2.05) is 0 Å². The third-order valence-corrected chi connectivity index (χ3v) is 7.10. The van der Waals surface area contributed by atoms with Crippen molar-refractivity contribution in [3.63, 3.8) is 0 Å². The van der Waals surface area contributed by atoms with Gasteiger partial charge in [-0.3, -0.25) is 4.79 Å². The first-order chi connectivity index (χ1) is 14.0. The maximum Gasteiger partial charge on any atom is 0.256 e.